The number of H-pyrrole nitrogens is 1. The topological polar surface area (TPSA) is 37.9 Å². The average molecular weight is 367 g/mol. The van der Waals surface area contributed by atoms with E-state index in [0.717, 1.165) is 38.9 Å². The number of fused-ring (bicyclic) bond motifs is 1. The molecule has 0 aliphatic rings. The Morgan fingerprint density at radius 1 is 1.08 bits per heavy atom. The summed E-state index contributed by atoms with van der Waals surface area (Å²) in [5.41, 5.74) is 5.03. The molecule has 0 amide bonds. The van der Waals surface area contributed by atoms with E-state index in [1.54, 1.807) is 18.3 Å². The standard InChI is InChI=1S/C21H16ClFN2O/c1-13-10-16(26-12-14-2-4-15(23)5-3-14)6-7-17(13)18-11-25-19-8-9-24-21(22)20(18)19/h2-11,25H,12H2,1H3. The lowest BCUT2D eigenvalue weighted by atomic mass is 10.0. The fourth-order valence-corrected chi connectivity index (χ4v) is 3.28. The van der Waals surface area contributed by atoms with Crippen molar-refractivity contribution in [3.8, 4) is 16.9 Å². The number of pyridine rings is 1. The molecule has 0 aliphatic heterocycles. The van der Waals surface area contributed by atoms with Gasteiger partial charge in [0.1, 0.15) is 23.3 Å². The maximum atomic E-state index is 13.0. The summed E-state index contributed by atoms with van der Waals surface area (Å²) >= 11 is 6.28. The SMILES string of the molecule is Cc1cc(OCc2ccc(F)cc2)ccc1-c1c[nH]c2ccnc(Cl)c12. The summed E-state index contributed by atoms with van der Waals surface area (Å²) in [5.74, 6) is 0.514. The molecule has 4 aromatic rings. The monoisotopic (exact) mass is 366 g/mol. The van der Waals surface area contributed by atoms with Crippen LogP contribution in [0.4, 0.5) is 4.39 Å². The Hall–Kier alpha value is -2.85. The Labute approximate surface area is 155 Å². The smallest absolute Gasteiger partial charge is 0.138 e. The maximum absolute atomic E-state index is 13.0. The summed E-state index contributed by atoms with van der Waals surface area (Å²) in [5, 5.41) is 1.40. The Kier molecular flexibility index (Phi) is 4.35. The number of hydrogen-bond acceptors (Lipinski definition) is 2. The van der Waals surface area contributed by atoms with Crippen molar-refractivity contribution in [2.45, 2.75) is 13.5 Å². The molecule has 2 aromatic heterocycles. The molecule has 0 spiro atoms. The van der Waals surface area contributed by atoms with Crippen LogP contribution >= 0.6 is 11.6 Å². The Morgan fingerprint density at radius 3 is 2.65 bits per heavy atom. The molecular formula is C21H16ClFN2O. The van der Waals surface area contributed by atoms with Crippen LogP contribution in [0.25, 0.3) is 22.0 Å². The lowest BCUT2D eigenvalue weighted by Crippen LogP contribution is -1.96. The van der Waals surface area contributed by atoms with Crippen LogP contribution < -0.4 is 4.74 Å². The van der Waals surface area contributed by atoms with E-state index in [-0.39, 0.29) is 5.82 Å². The van der Waals surface area contributed by atoms with Gasteiger partial charge in [-0.25, -0.2) is 9.37 Å². The molecule has 2 heterocycles. The minimum absolute atomic E-state index is 0.249. The van der Waals surface area contributed by atoms with E-state index in [1.807, 2.05) is 37.4 Å². The number of ether oxygens (including phenoxy) is 1. The number of nitrogens with zero attached hydrogens (tertiary/aromatic N) is 1. The Morgan fingerprint density at radius 2 is 1.88 bits per heavy atom. The van der Waals surface area contributed by atoms with Crippen LogP contribution in [-0.4, -0.2) is 9.97 Å². The van der Waals surface area contributed by atoms with Crippen molar-refractivity contribution in [1.82, 2.24) is 9.97 Å². The van der Waals surface area contributed by atoms with Crippen molar-refractivity contribution in [3.63, 3.8) is 0 Å². The fraction of sp³-hybridized carbons (Fsp3) is 0.0952. The zero-order chi connectivity index (χ0) is 18.1. The van der Waals surface area contributed by atoms with Crippen LogP contribution in [0.3, 0.4) is 0 Å². The third kappa shape index (κ3) is 3.16. The summed E-state index contributed by atoms with van der Waals surface area (Å²) in [6.45, 7) is 2.42. The van der Waals surface area contributed by atoms with Crippen molar-refractivity contribution in [2.75, 3.05) is 0 Å². The number of nitrogens with one attached hydrogen (secondary N) is 1. The number of aromatic nitrogens is 2. The van der Waals surface area contributed by atoms with Crippen LogP contribution in [0, 0.1) is 12.7 Å². The zero-order valence-corrected chi connectivity index (χ0v) is 14.8. The Bertz CT molecular complexity index is 1070. The van der Waals surface area contributed by atoms with Crippen LogP contribution in [0.1, 0.15) is 11.1 Å². The summed E-state index contributed by atoms with van der Waals surface area (Å²) < 4.78 is 18.8. The number of benzene rings is 2. The van der Waals surface area contributed by atoms with Gasteiger partial charge in [-0.15, -0.1) is 0 Å². The molecule has 0 atom stereocenters. The number of halogens is 2. The molecule has 0 fully saturated rings. The van der Waals surface area contributed by atoms with Crippen LogP contribution in [0.2, 0.25) is 5.15 Å². The normalized spacial score (nSPS) is 11.0. The molecule has 5 heteroatoms. The van der Waals surface area contributed by atoms with Crippen LogP contribution in [0.15, 0.2) is 60.9 Å². The van der Waals surface area contributed by atoms with Gasteiger partial charge < -0.3 is 9.72 Å². The van der Waals surface area contributed by atoms with E-state index in [4.69, 9.17) is 16.3 Å². The minimum atomic E-state index is -0.249. The molecule has 130 valence electrons. The highest BCUT2D eigenvalue weighted by atomic mass is 35.5. The Balaban J connectivity index is 1.60. The van der Waals surface area contributed by atoms with E-state index in [1.165, 1.54) is 12.1 Å². The molecule has 0 aliphatic carbocycles. The molecule has 0 radical (unpaired) electrons. The number of aryl methyl sites for hydroxylation is 1. The predicted molar refractivity (Wildman–Crippen MR) is 102 cm³/mol. The molecule has 0 saturated heterocycles. The third-order valence-electron chi connectivity index (χ3n) is 4.35. The highest BCUT2D eigenvalue weighted by Crippen LogP contribution is 2.35. The maximum Gasteiger partial charge on any atom is 0.138 e. The number of hydrogen-bond donors (Lipinski definition) is 1. The van der Waals surface area contributed by atoms with Gasteiger partial charge in [-0.3, -0.25) is 0 Å². The van der Waals surface area contributed by atoms with E-state index in [2.05, 4.69) is 9.97 Å². The summed E-state index contributed by atoms with van der Waals surface area (Å²) in [6.07, 6.45) is 3.63. The number of rotatable bonds is 4. The first-order valence-electron chi connectivity index (χ1n) is 8.21. The lowest BCUT2D eigenvalue weighted by molar-refractivity contribution is 0.306. The summed E-state index contributed by atoms with van der Waals surface area (Å²) in [6, 6.07) is 14.1. The van der Waals surface area contributed by atoms with Gasteiger partial charge in [0.15, 0.2) is 0 Å². The summed E-state index contributed by atoms with van der Waals surface area (Å²) in [7, 11) is 0. The largest absolute Gasteiger partial charge is 0.489 e. The van der Waals surface area contributed by atoms with Gasteiger partial charge in [0.2, 0.25) is 0 Å². The van der Waals surface area contributed by atoms with Gasteiger partial charge in [0, 0.05) is 23.3 Å². The first-order chi connectivity index (χ1) is 12.6. The molecular weight excluding hydrogens is 351 g/mol. The third-order valence-corrected chi connectivity index (χ3v) is 4.64. The van der Waals surface area contributed by atoms with Crippen molar-refractivity contribution in [2.24, 2.45) is 0 Å². The van der Waals surface area contributed by atoms with Crippen LogP contribution in [-0.2, 0) is 6.61 Å². The summed E-state index contributed by atoms with van der Waals surface area (Å²) in [4.78, 5) is 7.41. The zero-order valence-electron chi connectivity index (χ0n) is 14.1. The highest BCUT2D eigenvalue weighted by molar-refractivity contribution is 6.35. The highest BCUT2D eigenvalue weighted by Gasteiger charge is 2.12. The van der Waals surface area contributed by atoms with Crippen molar-refractivity contribution < 1.29 is 9.13 Å². The van der Waals surface area contributed by atoms with Gasteiger partial charge in [0.25, 0.3) is 0 Å². The molecule has 1 N–H and O–H groups in total. The molecule has 0 bridgehead atoms. The first-order valence-corrected chi connectivity index (χ1v) is 8.59. The van der Waals surface area contributed by atoms with E-state index in [0.29, 0.717) is 11.8 Å². The second-order valence-electron chi connectivity index (χ2n) is 6.12. The average Bonchev–Trinajstić information content (AvgIpc) is 3.07. The fourth-order valence-electron chi connectivity index (χ4n) is 3.02. The van der Waals surface area contributed by atoms with Gasteiger partial charge in [-0.1, -0.05) is 29.8 Å². The molecule has 0 unspecified atom stereocenters. The second-order valence-corrected chi connectivity index (χ2v) is 6.48. The van der Waals surface area contributed by atoms with Gasteiger partial charge in [-0.05, 0) is 53.9 Å². The molecule has 3 nitrogen and oxygen atoms in total. The van der Waals surface area contributed by atoms with Crippen molar-refractivity contribution >= 4 is 22.5 Å². The molecule has 2 aromatic carbocycles. The molecule has 26 heavy (non-hydrogen) atoms. The first kappa shape index (κ1) is 16.6. The van der Waals surface area contributed by atoms with E-state index < -0.39 is 0 Å². The van der Waals surface area contributed by atoms with Crippen LogP contribution in [0.5, 0.6) is 5.75 Å². The van der Waals surface area contributed by atoms with Gasteiger partial charge >= 0.3 is 0 Å². The second kappa shape index (κ2) is 6.81. The molecule has 0 saturated carbocycles. The van der Waals surface area contributed by atoms with Crippen molar-refractivity contribution in [1.29, 1.82) is 0 Å². The molecule has 4 rings (SSSR count). The minimum Gasteiger partial charge on any atom is -0.489 e. The van der Waals surface area contributed by atoms with Crippen molar-refractivity contribution in [3.05, 3.63) is 83.0 Å². The lowest BCUT2D eigenvalue weighted by Gasteiger charge is -2.10. The number of aromatic amines is 1. The van der Waals surface area contributed by atoms with E-state index in [9.17, 15) is 4.39 Å². The van der Waals surface area contributed by atoms with Gasteiger partial charge in [0.05, 0.1) is 5.52 Å². The quantitative estimate of drug-likeness (QED) is 0.456. The van der Waals surface area contributed by atoms with Gasteiger partial charge in [-0.2, -0.15) is 0 Å². The predicted octanol–water partition coefficient (Wildman–Crippen LogP) is 5.91. The van der Waals surface area contributed by atoms with E-state index >= 15 is 0 Å².